The minimum atomic E-state index is -1.32. The largest absolute Gasteiger partial charge is 0.490 e. The first-order valence-electron chi connectivity index (χ1n) is 21.4. The van der Waals surface area contributed by atoms with Crippen LogP contribution < -0.4 is 9.47 Å². The molecule has 9 heteroatoms. The average Bonchev–Trinajstić information content (AvgIpc) is 4.07. The van der Waals surface area contributed by atoms with Gasteiger partial charge in [-0.25, -0.2) is 0 Å². The summed E-state index contributed by atoms with van der Waals surface area (Å²) in [6.45, 7) is 15.2. The molecule has 0 radical (unpaired) electrons. The molecule has 4 aliphatic rings. The van der Waals surface area contributed by atoms with Crippen molar-refractivity contribution in [2.45, 2.75) is 108 Å². The summed E-state index contributed by atoms with van der Waals surface area (Å²) in [7, 11) is 0. The molecule has 2 fully saturated rings. The van der Waals surface area contributed by atoms with Gasteiger partial charge in [0.1, 0.15) is 29.7 Å². The third-order valence-corrected chi connectivity index (χ3v) is 12.2. The van der Waals surface area contributed by atoms with Crippen molar-refractivity contribution in [3.8, 4) is 11.5 Å². The Labute approximate surface area is 344 Å². The second-order valence-corrected chi connectivity index (χ2v) is 17.5. The predicted octanol–water partition coefficient (Wildman–Crippen LogP) is 9.28. The summed E-state index contributed by atoms with van der Waals surface area (Å²) in [5, 5.41) is 27.1. The van der Waals surface area contributed by atoms with Crippen molar-refractivity contribution < 1.29 is 34.1 Å². The van der Waals surface area contributed by atoms with Gasteiger partial charge in [-0.05, 0) is 111 Å². The summed E-state index contributed by atoms with van der Waals surface area (Å²) in [5.74, 6) is -0.110. The van der Waals surface area contributed by atoms with E-state index < -0.39 is 17.4 Å². The Kier molecular flexibility index (Phi) is 13.1. The van der Waals surface area contributed by atoms with Gasteiger partial charge in [-0.15, -0.1) is 6.58 Å². The maximum atomic E-state index is 15.0. The van der Waals surface area contributed by atoms with Crippen LogP contribution in [-0.2, 0) is 20.9 Å². The van der Waals surface area contributed by atoms with Gasteiger partial charge < -0.3 is 34.2 Å². The second kappa shape index (κ2) is 18.2. The molecule has 58 heavy (non-hydrogen) atoms. The van der Waals surface area contributed by atoms with E-state index in [0.29, 0.717) is 38.2 Å². The highest BCUT2D eigenvalue weighted by atomic mass is 16.7. The molecule has 3 aliphatic carbocycles. The van der Waals surface area contributed by atoms with Gasteiger partial charge in [-0.3, -0.25) is 4.79 Å². The average molecular weight is 791 g/mol. The third kappa shape index (κ3) is 8.77. The molecule has 0 bridgehead atoms. The zero-order valence-corrected chi connectivity index (χ0v) is 34.6. The minimum Gasteiger partial charge on any atom is -0.490 e. The Morgan fingerprint density at radius 3 is 2.43 bits per heavy atom. The van der Waals surface area contributed by atoms with Crippen molar-refractivity contribution in [2.75, 3.05) is 26.4 Å². The molecule has 2 saturated carbocycles. The molecule has 3 aromatic rings. The maximum absolute atomic E-state index is 15.0. The lowest BCUT2D eigenvalue weighted by Gasteiger charge is -2.60. The van der Waals surface area contributed by atoms with Crippen LogP contribution in [0.4, 0.5) is 0 Å². The van der Waals surface area contributed by atoms with E-state index in [1.165, 1.54) is 0 Å². The van der Waals surface area contributed by atoms with Gasteiger partial charge in [0.05, 0.1) is 18.2 Å². The smallest absolute Gasteiger partial charge is 0.239 e. The SMILES string of the molecule is C=CCOc1ccc2c(c1)C1C(CCCCO)C(CCCCO)C=C3C(=NOC(C)(C)C)CC(N(Cc4cccc5ccccc45)C(=O)C4CC4)C(OCC=C)(O2)C31. The molecule has 7 rings (SSSR count). The van der Waals surface area contributed by atoms with Gasteiger partial charge in [0, 0.05) is 43.6 Å². The number of amides is 1. The lowest BCUT2D eigenvalue weighted by atomic mass is 9.55. The Balaban J connectivity index is 1.48. The first-order valence-corrected chi connectivity index (χ1v) is 21.4. The zero-order valence-electron chi connectivity index (χ0n) is 34.6. The van der Waals surface area contributed by atoms with Gasteiger partial charge in [0.15, 0.2) is 0 Å². The molecule has 0 spiro atoms. The molecule has 6 unspecified atom stereocenters. The number of aliphatic hydroxyl groups is 2. The number of oxime groups is 1. The highest BCUT2D eigenvalue weighted by Gasteiger charge is 2.66. The van der Waals surface area contributed by atoms with Crippen LogP contribution in [0.1, 0.15) is 95.6 Å². The summed E-state index contributed by atoms with van der Waals surface area (Å²) in [6.07, 6.45) is 12.8. The number of fused-ring (bicyclic) bond motifs is 3. The van der Waals surface area contributed by atoms with Gasteiger partial charge in [-0.2, -0.15) is 0 Å². The van der Waals surface area contributed by atoms with E-state index in [1.54, 1.807) is 12.2 Å². The third-order valence-electron chi connectivity index (χ3n) is 12.2. The number of carbonyl (C=O) groups is 1. The minimum absolute atomic E-state index is 0.0701. The number of benzene rings is 3. The number of unbranched alkanes of at least 4 members (excludes halogenated alkanes) is 2. The number of allylic oxidation sites excluding steroid dienone is 1. The number of hydrogen-bond acceptors (Lipinski definition) is 8. The molecule has 1 amide bonds. The van der Waals surface area contributed by atoms with Crippen LogP contribution >= 0.6 is 0 Å². The molecule has 3 aromatic carbocycles. The Morgan fingerprint density at radius 1 is 0.966 bits per heavy atom. The van der Waals surface area contributed by atoms with E-state index >= 15 is 0 Å². The van der Waals surface area contributed by atoms with Crippen LogP contribution in [0.2, 0.25) is 0 Å². The molecule has 2 N–H and O–H groups in total. The molecular formula is C49H62N2O7. The molecule has 0 aromatic heterocycles. The predicted molar refractivity (Wildman–Crippen MR) is 229 cm³/mol. The topological polar surface area (TPSA) is 110 Å². The number of ether oxygens (including phenoxy) is 3. The monoisotopic (exact) mass is 790 g/mol. The summed E-state index contributed by atoms with van der Waals surface area (Å²) in [5.41, 5.74) is 3.35. The standard InChI is InChI=1S/C49H62N2O7/c1-6-27-55-37-23-24-43-41(30-37)45-39(20-11-13-26-53)35(16-10-12-25-52)29-40-42(50-58-48(3,4)5)31-44(49(57-43,46(40)45)56-28-7-2)51(47(54)34-21-22-34)32-36-18-14-17-33-15-8-9-19-38(33)36/h6-9,14-15,17-19,23-24,29-30,34-35,39,44-46,52-53H,1-2,10-13,16,20-22,25-28,31-32H2,3-5H3. The van der Waals surface area contributed by atoms with Gasteiger partial charge in [0.2, 0.25) is 11.7 Å². The van der Waals surface area contributed by atoms with E-state index in [2.05, 4.69) is 61.7 Å². The first kappa shape index (κ1) is 41.7. The Morgan fingerprint density at radius 2 is 1.71 bits per heavy atom. The summed E-state index contributed by atoms with van der Waals surface area (Å²) in [4.78, 5) is 23.3. The molecule has 310 valence electrons. The molecule has 0 saturated heterocycles. The fourth-order valence-corrected chi connectivity index (χ4v) is 9.61. The van der Waals surface area contributed by atoms with Crippen molar-refractivity contribution >= 4 is 22.4 Å². The van der Waals surface area contributed by atoms with Crippen molar-refractivity contribution in [1.82, 2.24) is 4.90 Å². The van der Waals surface area contributed by atoms with E-state index in [4.69, 9.17) is 24.2 Å². The van der Waals surface area contributed by atoms with E-state index in [-0.39, 0.29) is 55.3 Å². The van der Waals surface area contributed by atoms with Crippen LogP contribution in [-0.4, -0.2) is 70.6 Å². The van der Waals surface area contributed by atoms with Crippen molar-refractivity contribution in [2.24, 2.45) is 28.8 Å². The van der Waals surface area contributed by atoms with Crippen LogP contribution in [0.3, 0.4) is 0 Å². The van der Waals surface area contributed by atoms with Crippen LogP contribution in [0, 0.1) is 23.7 Å². The number of nitrogens with zero attached hydrogens (tertiary/aromatic N) is 2. The van der Waals surface area contributed by atoms with E-state index in [1.807, 2.05) is 43.9 Å². The highest BCUT2D eigenvalue weighted by molar-refractivity contribution is 6.03. The molecular weight excluding hydrogens is 729 g/mol. The van der Waals surface area contributed by atoms with Gasteiger partial charge in [-0.1, -0.05) is 85.3 Å². The fraction of sp³-hybridized carbons (Fsp3) is 0.510. The molecule has 9 nitrogen and oxygen atoms in total. The van der Waals surface area contributed by atoms with E-state index in [9.17, 15) is 15.0 Å². The van der Waals surface area contributed by atoms with Gasteiger partial charge >= 0.3 is 0 Å². The Bertz CT molecular complexity index is 1990. The van der Waals surface area contributed by atoms with Crippen molar-refractivity contribution in [3.63, 3.8) is 0 Å². The number of hydrogen-bond donors (Lipinski definition) is 2. The summed E-state index contributed by atoms with van der Waals surface area (Å²) in [6, 6.07) is 20.1. The maximum Gasteiger partial charge on any atom is 0.239 e. The quantitative estimate of drug-likeness (QED) is 0.0708. The molecule has 6 atom stereocenters. The normalized spacial score (nSPS) is 25.6. The number of rotatable bonds is 19. The number of carbonyl (C=O) groups excluding carboxylic acids is 1. The second-order valence-electron chi connectivity index (χ2n) is 17.5. The van der Waals surface area contributed by atoms with Crippen molar-refractivity contribution in [1.29, 1.82) is 0 Å². The number of aliphatic hydroxyl groups excluding tert-OH is 2. The molecule has 1 aliphatic heterocycles. The summed E-state index contributed by atoms with van der Waals surface area (Å²) >= 11 is 0. The summed E-state index contributed by atoms with van der Waals surface area (Å²) < 4.78 is 20.8. The highest BCUT2D eigenvalue weighted by Crippen LogP contribution is 2.62. The zero-order chi connectivity index (χ0) is 40.9. The fourth-order valence-electron chi connectivity index (χ4n) is 9.61. The van der Waals surface area contributed by atoms with Crippen LogP contribution in [0.5, 0.6) is 11.5 Å². The first-order chi connectivity index (χ1) is 28.1. The lowest BCUT2D eigenvalue weighted by Crippen LogP contribution is -2.70. The van der Waals surface area contributed by atoms with Crippen molar-refractivity contribution in [3.05, 3.63) is 109 Å². The molecule has 1 heterocycles. The van der Waals surface area contributed by atoms with Crippen LogP contribution in [0.15, 0.2) is 103 Å². The van der Waals surface area contributed by atoms with E-state index in [0.717, 1.165) is 77.5 Å². The van der Waals surface area contributed by atoms with Crippen LogP contribution in [0.25, 0.3) is 10.8 Å². The van der Waals surface area contributed by atoms with Gasteiger partial charge in [0.25, 0.3) is 0 Å². The Hall–Kier alpha value is -4.44. The lowest BCUT2D eigenvalue weighted by molar-refractivity contribution is -0.258.